The quantitative estimate of drug-likeness (QED) is 0.653. The van der Waals surface area contributed by atoms with Crippen LogP contribution in [0.5, 0.6) is 0 Å². The number of carboxylic acids is 1. The fourth-order valence-electron chi connectivity index (χ4n) is 2.44. The van der Waals surface area contributed by atoms with Crippen molar-refractivity contribution in [3.63, 3.8) is 0 Å². The first-order chi connectivity index (χ1) is 9.90. The van der Waals surface area contributed by atoms with Gasteiger partial charge < -0.3 is 15.3 Å². The molecule has 112 valence electrons. The summed E-state index contributed by atoms with van der Waals surface area (Å²) < 4.78 is 0. The molecule has 0 spiro atoms. The van der Waals surface area contributed by atoms with Crippen molar-refractivity contribution >= 4 is 23.4 Å². The van der Waals surface area contributed by atoms with Gasteiger partial charge in [0.05, 0.1) is 4.92 Å². The molecule has 1 aromatic carbocycles. The minimum Gasteiger partial charge on any atom is -0.480 e. The topological polar surface area (TPSA) is 113 Å². The van der Waals surface area contributed by atoms with Crippen molar-refractivity contribution in [2.75, 3.05) is 11.9 Å². The van der Waals surface area contributed by atoms with Gasteiger partial charge in [0.1, 0.15) is 6.04 Å². The molecule has 21 heavy (non-hydrogen) atoms. The molecule has 0 aliphatic carbocycles. The summed E-state index contributed by atoms with van der Waals surface area (Å²) in [5, 5.41) is 22.4. The predicted molar refractivity (Wildman–Crippen MR) is 74.0 cm³/mol. The number of amides is 2. The Morgan fingerprint density at radius 3 is 2.81 bits per heavy atom. The van der Waals surface area contributed by atoms with Crippen LogP contribution < -0.4 is 5.32 Å². The Labute approximate surface area is 120 Å². The van der Waals surface area contributed by atoms with Gasteiger partial charge in [0, 0.05) is 24.4 Å². The second kappa shape index (κ2) is 5.78. The second-order valence-corrected chi connectivity index (χ2v) is 4.98. The van der Waals surface area contributed by atoms with E-state index in [2.05, 4.69) is 5.32 Å². The third kappa shape index (κ3) is 3.10. The summed E-state index contributed by atoms with van der Waals surface area (Å²) in [4.78, 5) is 34.7. The Balaban J connectivity index is 2.13. The highest BCUT2D eigenvalue weighted by atomic mass is 16.6. The van der Waals surface area contributed by atoms with E-state index >= 15 is 0 Å². The SMILES string of the molecule is CC1CCN(C(=O)Nc2cccc([N+](=O)[O-])c2)C1C(=O)O. The van der Waals surface area contributed by atoms with Gasteiger partial charge in [-0.15, -0.1) is 0 Å². The molecule has 1 aliphatic rings. The molecular weight excluding hydrogens is 278 g/mol. The molecule has 1 aromatic rings. The van der Waals surface area contributed by atoms with Gasteiger partial charge in [0.25, 0.3) is 5.69 Å². The molecule has 0 bridgehead atoms. The number of non-ortho nitro benzene ring substituents is 1. The maximum Gasteiger partial charge on any atom is 0.326 e. The number of hydrogen-bond acceptors (Lipinski definition) is 4. The van der Waals surface area contributed by atoms with E-state index in [0.717, 1.165) is 0 Å². The Morgan fingerprint density at radius 1 is 1.48 bits per heavy atom. The van der Waals surface area contributed by atoms with Crippen LogP contribution in [-0.4, -0.2) is 39.5 Å². The van der Waals surface area contributed by atoms with Crippen molar-refractivity contribution in [3.8, 4) is 0 Å². The van der Waals surface area contributed by atoms with Crippen molar-refractivity contribution in [2.45, 2.75) is 19.4 Å². The van der Waals surface area contributed by atoms with Crippen LogP contribution in [0.15, 0.2) is 24.3 Å². The van der Waals surface area contributed by atoms with Crippen molar-refractivity contribution in [1.82, 2.24) is 4.90 Å². The minimum absolute atomic E-state index is 0.127. The average molecular weight is 293 g/mol. The number of nitrogens with zero attached hydrogens (tertiary/aromatic N) is 2. The van der Waals surface area contributed by atoms with E-state index in [0.29, 0.717) is 13.0 Å². The average Bonchev–Trinajstić information content (AvgIpc) is 2.81. The lowest BCUT2D eigenvalue weighted by Gasteiger charge is -2.23. The lowest BCUT2D eigenvalue weighted by Crippen LogP contribution is -2.44. The molecule has 2 unspecified atom stereocenters. The number of urea groups is 1. The normalized spacial score (nSPS) is 21.1. The van der Waals surface area contributed by atoms with Crippen LogP contribution in [-0.2, 0) is 4.79 Å². The maximum absolute atomic E-state index is 12.1. The van der Waals surface area contributed by atoms with Crippen molar-refractivity contribution < 1.29 is 19.6 Å². The van der Waals surface area contributed by atoms with E-state index in [1.165, 1.54) is 29.2 Å². The fourth-order valence-corrected chi connectivity index (χ4v) is 2.44. The van der Waals surface area contributed by atoms with Gasteiger partial charge in [0.15, 0.2) is 0 Å². The number of nitro groups is 1. The molecule has 8 nitrogen and oxygen atoms in total. The van der Waals surface area contributed by atoms with Crippen molar-refractivity contribution in [3.05, 3.63) is 34.4 Å². The fraction of sp³-hybridized carbons (Fsp3) is 0.385. The molecule has 1 saturated heterocycles. The van der Waals surface area contributed by atoms with E-state index in [4.69, 9.17) is 0 Å². The number of carbonyl (C=O) groups excluding carboxylic acids is 1. The first-order valence-electron chi connectivity index (χ1n) is 6.45. The van der Waals surface area contributed by atoms with E-state index in [1.807, 2.05) is 0 Å². The highest BCUT2D eigenvalue weighted by Gasteiger charge is 2.39. The molecule has 0 radical (unpaired) electrons. The lowest BCUT2D eigenvalue weighted by molar-refractivity contribution is -0.384. The molecule has 2 amide bonds. The highest BCUT2D eigenvalue weighted by Crippen LogP contribution is 2.25. The first-order valence-corrected chi connectivity index (χ1v) is 6.45. The van der Waals surface area contributed by atoms with Gasteiger partial charge in [-0.2, -0.15) is 0 Å². The molecule has 2 atom stereocenters. The maximum atomic E-state index is 12.1. The van der Waals surface area contributed by atoms with Crippen molar-refractivity contribution in [2.24, 2.45) is 5.92 Å². The van der Waals surface area contributed by atoms with Gasteiger partial charge in [-0.05, 0) is 18.4 Å². The summed E-state index contributed by atoms with van der Waals surface area (Å²) in [6, 6.07) is 4.08. The molecular formula is C13H15N3O5. The van der Waals surface area contributed by atoms with Gasteiger partial charge in [-0.3, -0.25) is 10.1 Å². The number of rotatable bonds is 3. The molecule has 1 fully saturated rings. The van der Waals surface area contributed by atoms with Crippen LogP contribution in [0, 0.1) is 16.0 Å². The molecule has 2 rings (SSSR count). The molecule has 2 N–H and O–H groups in total. The zero-order valence-corrected chi connectivity index (χ0v) is 11.4. The summed E-state index contributed by atoms with van der Waals surface area (Å²) in [6.07, 6.45) is 0.610. The van der Waals surface area contributed by atoms with Gasteiger partial charge >= 0.3 is 12.0 Å². The number of carbonyl (C=O) groups is 2. The van der Waals surface area contributed by atoms with Crippen LogP contribution in [0.3, 0.4) is 0 Å². The van der Waals surface area contributed by atoms with Crippen LogP contribution >= 0.6 is 0 Å². The zero-order valence-electron chi connectivity index (χ0n) is 11.4. The summed E-state index contributed by atoms with van der Waals surface area (Å²) in [7, 11) is 0. The number of benzene rings is 1. The van der Waals surface area contributed by atoms with Gasteiger partial charge in [-0.25, -0.2) is 9.59 Å². The number of anilines is 1. The number of hydrogen-bond donors (Lipinski definition) is 2. The summed E-state index contributed by atoms with van der Waals surface area (Å²) in [5.74, 6) is -1.17. The smallest absolute Gasteiger partial charge is 0.326 e. The van der Waals surface area contributed by atoms with Gasteiger partial charge in [-0.1, -0.05) is 13.0 Å². The van der Waals surface area contributed by atoms with Crippen LogP contribution in [0.25, 0.3) is 0 Å². The molecule has 8 heteroatoms. The third-order valence-electron chi connectivity index (χ3n) is 3.52. The van der Waals surface area contributed by atoms with Crippen LogP contribution in [0.2, 0.25) is 0 Å². The molecule has 0 saturated carbocycles. The largest absolute Gasteiger partial charge is 0.480 e. The Bertz CT molecular complexity index is 589. The first kappa shape index (κ1) is 14.8. The van der Waals surface area contributed by atoms with Crippen LogP contribution in [0.1, 0.15) is 13.3 Å². The monoisotopic (exact) mass is 293 g/mol. The number of aliphatic carboxylic acids is 1. The lowest BCUT2D eigenvalue weighted by atomic mass is 10.0. The van der Waals surface area contributed by atoms with Crippen molar-refractivity contribution in [1.29, 1.82) is 0 Å². The van der Waals surface area contributed by atoms with E-state index in [9.17, 15) is 24.8 Å². The highest BCUT2D eigenvalue weighted by molar-refractivity contribution is 5.93. The molecule has 1 aliphatic heterocycles. The summed E-state index contributed by atoms with van der Waals surface area (Å²) in [6.45, 7) is 2.12. The van der Waals surface area contributed by atoms with Crippen LogP contribution in [0.4, 0.5) is 16.2 Å². The van der Waals surface area contributed by atoms with Gasteiger partial charge in [0.2, 0.25) is 0 Å². The Kier molecular flexibility index (Phi) is 4.06. The number of nitro benzene ring substituents is 1. The third-order valence-corrected chi connectivity index (χ3v) is 3.52. The number of nitrogens with one attached hydrogen (secondary N) is 1. The van der Waals surface area contributed by atoms with E-state index in [-0.39, 0.29) is 17.3 Å². The molecule has 0 aromatic heterocycles. The van der Waals surface area contributed by atoms with E-state index in [1.54, 1.807) is 6.92 Å². The second-order valence-electron chi connectivity index (χ2n) is 4.98. The summed E-state index contributed by atoms with van der Waals surface area (Å²) in [5.41, 5.74) is 0.121. The Hall–Kier alpha value is -2.64. The standard InChI is InChI=1S/C13H15N3O5/c1-8-5-6-15(11(8)12(17)18)13(19)14-9-3-2-4-10(7-9)16(20)21/h2-4,7-8,11H,5-6H2,1H3,(H,14,19)(H,17,18). The molecule has 1 heterocycles. The zero-order chi connectivity index (χ0) is 15.6. The summed E-state index contributed by atoms with van der Waals surface area (Å²) >= 11 is 0. The Morgan fingerprint density at radius 2 is 2.19 bits per heavy atom. The van der Waals surface area contributed by atoms with E-state index < -0.39 is 23.0 Å². The number of carboxylic acid groups (broad SMARTS) is 1. The predicted octanol–water partition coefficient (Wildman–Crippen LogP) is 1.92. The number of likely N-dealkylation sites (tertiary alicyclic amines) is 1. The minimum atomic E-state index is -1.05.